The first-order chi connectivity index (χ1) is 12.8. The molecule has 0 unspecified atom stereocenters. The van der Waals surface area contributed by atoms with E-state index in [-0.39, 0.29) is 41.3 Å². The van der Waals surface area contributed by atoms with Gasteiger partial charge in [-0.15, -0.1) is 0 Å². The fourth-order valence-electron chi connectivity index (χ4n) is 2.32. The zero-order chi connectivity index (χ0) is 17.8. The summed E-state index contributed by atoms with van der Waals surface area (Å²) in [6, 6.07) is 12.9. The number of ether oxygens (including phenoxy) is 1. The minimum Gasteiger partial charge on any atom is -0.497 e. The molecule has 27 heavy (non-hydrogen) atoms. The van der Waals surface area contributed by atoms with Gasteiger partial charge < -0.3 is 14.9 Å². The average Bonchev–Trinajstić information content (AvgIpc) is 3.21. The molecule has 0 aliphatic rings. The maximum Gasteiger partial charge on any atom is 0.236 e. The Balaban J connectivity index is 0.00000210. The van der Waals surface area contributed by atoms with E-state index in [1.807, 2.05) is 36.4 Å². The van der Waals surface area contributed by atoms with Crippen LogP contribution in [0.2, 0.25) is 0 Å². The van der Waals surface area contributed by atoms with E-state index < -0.39 is 0 Å². The second-order valence-corrected chi connectivity index (χ2v) is 5.28. The number of pyridine rings is 1. The van der Waals surface area contributed by atoms with Gasteiger partial charge in [0.25, 0.3) is 0 Å². The monoisotopic (exact) mass is 485 g/mol. The molecule has 3 heterocycles. The third-order valence-electron chi connectivity index (χ3n) is 3.60. The summed E-state index contributed by atoms with van der Waals surface area (Å²) in [5.74, 6) is 2.10. The van der Waals surface area contributed by atoms with Crippen LogP contribution >= 0.6 is 0 Å². The van der Waals surface area contributed by atoms with E-state index in [0.717, 1.165) is 16.9 Å². The molecule has 0 fully saturated rings. The van der Waals surface area contributed by atoms with Crippen molar-refractivity contribution in [3.05, 3.63) is 66.5 Å². The molecule has 0 saturated heterocycles. The Bertz CT molecular complexity index is 1060. The molecule has 3 aromatic heterocycles. The standard InChI is InChI=1S/C18H14N7O.Pr/c1-26-14-4-2-12(3-5-14)16-22-17(13-6-9-19-10-7-13)24-18(23-16)21-15-8-11-20-25-15;/h2-10H,1H3,(H2,20,21,22,23,24,25);/q-1;. The molecule has 1 aromatic carbocycles. The SMILES string of the molecule is COc1ccc(-c2nc(/N=c3/c[c-][nH][nH]3)nc(-c3ccncc3)n2)cc1.[Pr]. The zero-order valence-corrected chi connectivity index (χ0v) is 18.1. The van der Waals surface area contributed by atoms with Crippen molar-refractivity contribution in [1.82, 2.24) is 30.1 Å². The van der Waals surface area contributed by atoms with Crippen molar-refractivity contribution in [1.29, 1.82) is 0 Å². The summed E-state index contributed by atoms with van der Waals surface area (Å²) in [6.07, 6.45) is 6.17. The largest absolute Gasteiger partial charge is 0.497 e. The molecule has 0 bridgehead atoms. The second-order valence-electron chi connectivity index (χ2n) is 5.28. The Morgan fingerprint density at radius 3 is 2.19 bits per heavy atom. The van der Waals surface area contributed by atoms with E-state index in [4.69, 9.17) is 4.74 Å². The average molecular weight is 485 g/mol. The van der Waals surface area contributed by atoms with Crippen LogP contribution in [0.3, 0.4) is 0 Å². The van der Waals surface area contributed by atoms with Gasteiger partial charge in [-0.1, -0.05) is 0 Å². The molecule has 8 nitrogen and oxygen atoms in total. The normalized spacial score (nSPS) is 11.1. The van der Waals surface area contributed by atoms with Crippen LogP contribution in [0, 0.1) is 47.5 Å². The number of nitrogens with zero attached hydrogens (tertiary/aromatic N) is 5. The summed E-state index contributed by atoms with van der Waals surface area (Å²) in [7, 11) is 1.63. The number of hydrogen-bond donors (Lipinski definition) is 2. The maximum absolute atomic E-state index is 5.20. The van der Waals surface area contributed by atoms with Gasteiger partial charge >= 0.3 is 0 Å². The molecule has 131 valence electrons. The van der Waals surface area contributed by atoms with Gasteiger partial charge in [-0.3, -0.25) is 9.98 Å². The van der Waals surface area contributed by atoms with Gasteiger partial charge in [-0.05, 0) is 41.9 Å². The van der Waals surface area contributed by atoms with Crippen LogP contribution in [-0.2, 0) is 0 Å². The van der Waals surface area contributed by atoms with E-state index in [1.54, 1.807) is 25.6 Å². The van der Waals surface area contributed by atoms with Gasteiger partial charge in [0.15, 0.2) is 11.6 Å². The number of H-pyrrole nitrogens is 2. The van der Waals surface area contributed by atoms with Crippen molar-refractivity contribution in [2.75, 3.05) is 7.11 Å². The summed E-state index contributed by atoms with van der Waals surface area (Å²) in [4.78, 5) is 21.9. The van der Waals surface area contributed by atoms with E-state index >= 15 is 0 Å². The zero-order valence-electron chi connectivity index (χ0n) is 14.4. The van der Waals surface area contributed by atoms with Crippen molar-refractivity contribution in [2.45, 2.75) is 0 Å². The van der Waals surface area contributed by atoms with Crippen LogP contribution < -0.4 is 10.2 Å². The summed E-state index contributed by atoms with van der Waals surface area (Å²) >= 11 is 0. The van der Waals surface area contributed by atoms with Crippen molar-refractivity contribution in [3.8, 4) is 28.5 Å². The molecule has 0 spiro atoms. The molecule has 1 radical (unpaired) electrons. The molecule has 4 rings (SSSR count). The van der Waals surface area contributed by atoms with Crippen LogP contribution in [0.1, 0.15) is 0 Å². The second kappa shape index (κ2) is 8.97. The topological polar surface area (TPSA) is 105 Å². The van der Waals surface area contributed by atoms with Crippen molar-refractivity contribution < 1.29 is 46.0 Å². The van der Waals surface area contributed by atoms with Crippen LogP contribution in [-0.4, -0.2) is 37.2 Å². The van der Waals surface area contributed by atoms with Crippen molar-refractivity contribution in [2.24, 2.45) is 4.99 Å². The molecular weight excluding hydrogens is 471 g/mol. The van der Waals surface area contributed by atoms with Crippen molar-refractivity contribution in [3.63, 3.8) is 0 Å². The molecule has 0 amide bonds. The van der Waals surface area contributed by atoms with Crippen molar-refractivity contribution >= 4 is 5.95 Å². The third-order valence-corrected chi connectivity index (χ3v) is 3.60. The summed E-state index contributed by atoms with van der Waals surface area (Å²) in [5, 5.41) is 5.56. The number of rotatable bonds is 4. The van der Waals surface area contributed by atoms with Gasteiger partial charge in [0.05, 0.1) is 7.11 Å². The number of aromatic nitrogens is 6. The number of aromatic amines is 2. The summed E-state index contributed by atoms with van der Waals surface area (Å²) < 4.78 is 5.20. The molecule has 0 atom stereocenters. The fraction of sp³-hybridized carbons (Fsp3) is 0.0556. The molecular formula is C18H14N7OPr-. The van der Waals surface area contributed by atoms with E-state index in [0.29, 0.717) is 23.1 Å². The number of nitrogens with one attached hydrogen (secondary N) is 2. The van der Waals surface area contributed by atoms with Crippen LogP contribution in [0.15, 0.2) is 59.9 Å². The van der Waals surface area contributed by atoms with Gasteiger partial charge in [0.2, 0.25) is 5.95 Å². The van der Waals surface area contributed by atoms with Crippen LogP contribution in [0.25, 0.3) is 22.8 Å². The van der Waals surface area contributed by atoms with Gasteiger partial charge in [-0.2, -0.15) is 22.2 Å². The van der Waals surface area contributed by atoms with Gasteiger partial charge in [-0.25, -0.2) is 4.98 Å². The van der Waals surface area contributed by atoms with Gasteiger partial charge in [0, 0.05) is 64.8 Å². The minimum atomic E-state index is 0. The molecule has 0 saturated carbocycles. The molecule has 9 heteroatoms. The first-order valence-corrected chi connectivity index (χ1v) is 7.81. The summed E-state index contributed by atoms with van der Waals surface area (Å²) in [6.45, 7) is 0. The van der Waals surface area contributed by atoms with E-state index in [9.17, 15) is 0 Å². The first kappa shape index (κ1) is 19.3. The number of hydrogen-bond acceptors (Lipinski definition) is 6. The molecule has 0 aliphatic heterocycles. The predicted molar refractivity (Wildman–Crippen MR) is 94.2 cm³/mol. The Labute approximate surface area is 188 Å². The maximum atomic E-state index is 5.20. The smallest absolute Gasteiger partial charge is 0.236 e. The Hall–Kier alpha value is -2.45. The van der Waals surface area contributed by atoms with E-state index in [2.05, 4.69) is 41.3 Å². The van der Waals surface area contributed by atoms with Crippen LogP contribution in [0.5, 0.6) is 5.75 Å². The first-order valence-electron chi connectivity index (χ1n) is 7.81. The minimum absolute atomic E-state index is 0. The molecule has 4 aromatic rings. The quantitative estimate of drug-likeness (QED) is 0.432. The third kappa shape index (κ3) is 4.64. The van der Waals surface area contributed by atoms with E-state index in [1.165, 1.54) is 0 Å². The fourth-order valence-corrected chi connectivity index (χ4v) is 2.32. The summed E-state index contributed by atoms with van der Waals surface area (Å²) in [5.41, 5.74) is 2.24. The molecule has 0 aliphatic carbocycles. The Kier molecular flexibility index (Phi) is 6.42. The Morgan fingerprint density at radius 1 is 0.926 bits per heavy atom. The van der Waals surface area contributed by atoms with Gasteiger partial charge in [0.1, 0.15) is 5.75 Å². The Morgan fingerprint density at radius 2 is 1.59 bits per heavy atom. The number of benzene rings is 1. The molecule has 2 N–H and O–H groups in total. The van der Waals surface area contributed by atoms with Crippen LogP contribution in [0.4, 0.5) is 5.95 Å². The number of methoxy groups -OCH3 is 1. The predicted octanol–water partition coefficient (Wildman–Crippen LogP) is 2.30.